The number of rotatable bonds is 7. The number of ether oxygens (including phenoxy) is 1. The number of carbonyl (C=O) groups excluding carboxylic acids is 1. The normalized spacial score (nSPS) is 12.2. The molecular weight excluding hydrogens is 235 g/mol. The summed E-state index contributed by atoms with van der Waals surface area (Å²) in [4.78, 5) is 11.0. The van der Waals surface area contributed by atoms with E-state index in [0.717, 1.165) is 13.0 Å². The summed E-state index contributed by atoms with van der Waals surface area (Å²) in [7, 11) is 1.41. The highest BCUT2D eigenvalue weighted by Gasteiger charge is 2.15. The van der Waals surface area contributed by atoms with Crippen LogP contribution in [0.5, 0.6) is 5.75 Å². The van der Waals surface area contributed by atoms with E-state index in [2.05, 4.69) is 5.32 Å². The SMILES string of the molecule is CCCNC(CC(N)=O)c1ccc(OC)c(F)c1. The Labute approximate surface area is 106 Å². The minimum Gasteiger partial charge on any atom is -0.494 e. The highest BCUT2D eigenvalue weighted by atomic mass is 19.1. The number of halogens is 1. The van der Waals surface area contributed by atoms with Gasteiger partial charge in [-0.3, -0.25) is 4.79 Å². The second kappa shape index (κ2) is 6.96. The average molecular weight is 254 g/mol. The highest BCUT2D eigenvalue weighted by molar-refractivity contribution is 5.74. The molecule has 0 aliphatic rings. The Morgan fingerprint density at radius 3 is 2.78 bits per heavy atom. The Balaban J connectivity index is 2.89. The maximum atomic E-state index is 13.6. The largest absolute Gasteiger partial charge is 0.494 e. The van der Waals surface area contributed by atoms with Crippen LogP contribution in [0, 0.1) is 5.82 Å². The Kier molecular flexibility index (Phi) is 5.58. The summed E-state index contributed by atoms with van der Waals surface area (Å²) >= 11 is 0. The van der Waals surface area contributed by atoms with Crippen molar-refractivity contribution in [3.8, 4) is 5.75 Å². The van der Waals surface area contributed by atoms with E-state index >= 15 is 0 Å². The van der Waals surface area contributed by atoms with E-state index in [4.69, 9.17) is 10.5 Å². The lowest BCUT2D eigenvalue weighted by molar-refractivity contribution is -0.118. The third-order valence-electron chi connectivity index (χ3n) is 2.62. The van der Waals surface area contributed by atoms with Crippen LogP contribution in [0.25, 0.3) is 0 Å². The topological polar surface area (TPSA) is 64.3 Å². The molecule has 0 spiro atoms. The number of benzene rings is 1. The van der Waals surface area contributed by atoms with Gasteiger partial charge in [-0.25, -0.2) is 4.39 Å². The van der Waals surface area contributed by atoms with Crippen molar-refractivity contribution in [1.82, 2.24) is 5.32 Å². The van der Waals surface area contributed by atoms with Gasteiger partial charge in [-0.05, 0) is 30.7 Å². The molecule has 5 heteroatoms. The van der Waals surface area contributed by atoms with Crippen LogP contribution in [0.4, 0.5) is 4.39 Å². The molecule has 0 aliphatic carbocycles. The fourth-order valence-corrected chi connectivity index (χ4v) is 1.73. The van der Waals surface area contributed by atoms with Gasteiger partial charge in [0.05, 0.1) is 7.11 Å². The molecule has 0 bridgehead atoms. The summed E-state index contributed by atoms with van der Waals surface area (Å²) < 4.78 is 18.5. The zero-order valence-corrected chi connectivity index (χ0v) is 10.7. The van der Waals surface area contributed by atoms with Gasteiger partial charge in [-0.15, -0.1) is 0 Å². The second-order valence-corrected chi connectivity index (χ2v) is 4.07. The summed E-state index contributed by atoms with van der Waals surface area (Å²) in [6, 6.07) is 4.39. The van der Waals surface area contributed by atoms with Crippen LogP contribution in [-0.2, 0) is 4.79 Å². The first-order chi connectivity index (χ1) is 8.58. The third kappa shape index (κ3) is 4.00. The first kappa shape index (κ1) is 14.4. The van der Waals surface area contributed by atoms with Crippen LogP contribution in [-0.4, -0.2) is 19.6 Å². The average Bonchev–Trinajstić information content (AvgIpc) is 2.34. The summed E-state index contributed by atoms with van der Waals surface area (Å²) in [6.07, 6.45) is 1.07. The summed E-state index contributed by atoms with van der Waals surface area (Å²) in [5.41, 5.74) is 5.89. The predicted molar refractivity (Wildman–Crippen MR) is 67.8 cm³/mol. The monoisotopic (exact) mass is 254 g/mol. The minimum absolute atomic E-state index is 0.145. The fourth-order valence-electron chi connectivity index (χ4n) is 1.73. The molecule has 1 amide bonds. The molecule has 0 radical (unpaired) electrons. The van der Waals surface area contributed by atoms with Gasteiger partial charge in [0.1, 0.15) is 0 Å². The molecule has 0 aliphatic heterocycles. The fraction of sp³-hybridized carbons (Fsp3) is 0.462. The quantitative estimate of drug-likeness (QED) is 0.779. The molecule has 100 valence electrons. The number of hydrogen-bond donors (Lipinski definition) is 2. The Morgan fingerprint density at radius 2 is 2.28 bits per heavy atom. The molecule has 4 nitrogen and oxygen atoms in total. The lowest BCUT2D eigenvalue weighted by atomic mass is 10.0. The van der Waals surface area contributed by atoms with E-state index in [1.165, 1.54) is 13.2 Å². The van der Waals surface area contributed by atoms with Crippen LogP contribution >= 0.6 is 0 Å². The lowest BCUT2D eigenvalue weighted by Gasteiger charge is -2.18. The van der Waals surface area contributed by atoms with Crippen molar-refractivity contribution < 1.29 is 13.9 Å². The first-order valence-corrected chi connectivity index (χ1v) is 5.93. The summed E-state index contributed by atoms with van der Waals surface area (Å²) in [5.74, 6) is -0.672. The summed E-state index contributed by atoms with van der Waals surface area (Å²) in [5, 5.41) is 3.17. The predicted octanol–water partition coefficient (Wildman–Crippen LogP) is 1.75. The van der Waals surface area contributed by atoms with Gasteiger partial charge >= 0.3 is 0 Å². The van der Waals surface area contributed by atoms with Gasteiger partial charge in [0, 0.05) is 12.5 Å². The van der Waals surface area contributed by atoms with Crippen molar-refractivity contribution in [3.63, 3.8) is 0 Å². The van der Waals surface area contributed by atoms with Crippen LogP contribution in [0.1, 0.15) is 31.4 Å². The molecule has 1 rings (SSSR count). The maximum absolute atomic E-state index is 13.6. The molecule has 0 saturated heterocycles. The standard InChI is InChI=1S/C13H19FN2O2/c1-3-6-16-11(8-13(15)17)9-4-5-12(18-2)10(14)7-9/h4-5,7,11,16H,3,6,8H2,1-2H3,(H2,15,17). The van der Waals surface area contributed by atoms with E-state index < -0.39 is 11.7 Å². The molecule has 1 aromatic carbocycles. The van der Waals surface area contributed by atoms with Gasteiger partial charge in [-0.2, -0.15) is 0 Å². The van der Waals surface area contributed by atoms with Crippen LogP contribution in [0.3, 0.4) is 0 Å². The zero-order chi connectivity index (χ0) is 13.5. The van der Waals surface area contributed by atoms with Crippen molar-refractivity contribution in [2.75, 3.05) is 13.7 Å². The van der Waals surface area contributed by atoms with E-state index in [9.17, 15) is 9.18 Å². The number of nitrogens with one attached hydrogen (secondary N) is 1. The van der Waals surface area contributed by atoms with E-state index in [-0.39, 0.29) is 18.2 Å². The Bertz CT molecular complexity index is 410. The number of methoxy groups -OCH3 is 1. The highest BCUT2D eigenvalue weighted by Crippen LogP contribution is 2.23. The number of nitrogens with two attached hydrogens (primary N) is 1. The molecule has 18 heavy (non-hydrogen) atoms. The smallest absolute Gasteiger partial charge is 0.219 e. The van der Waals surface area contributed by atoms with Crippen molar-refractivity contribution in [2.24, 2.45) is 5.73 Å². The number of carbonyl (C=O) groups is 1. The van der Waals surface area contributed by atoms with Gasteiger partial charge in [0.25, 0.3) is 0 Å². The zero-order valence-electron chi connectivity index (χ0n) is 10.7. The Morgan fingerprint density at radius 1 is 1.56 bits per heavy atom. The van der Waals surface area contributed by atoms with E-state index in [0.29, 0.717) is 5.56 Å². The summed E-state index contributed by atoms with van der Waals surface area (Å²) in [6.45, 7) is 2.76. The van der Waals surface area contributed by atoms with Gasteiger partial charge < -0.3 is 15.8 Å². The molecule has 0 heterocycles. The van der Waals surface area contributed by atoms with Gasteiger partial charge in [-0.1, -0.05) is 13.0 Å². The molecule has 1 atom stereocenters. The van der Waals surface area contributed by atoms with Gasteiger partial charge in [0.15, 0.2) is 11.6 Å². The Hall–Kier alpha value is -1.62. The van der Waals surface area contributed by atoms with Crippen molar-refractivity contribution in [3.05, 3.63) is 29.6 Å². The lowest BCUT2D eigenvalue weighted by Crippen LogP contribution is -2.27. The number of primary amides is 1. The van der Waals surface area contributed by atoms with Crippen LogP contribution in [0.15, 0.2) is 18.2 Å². The first-order valence-electron chi connectivity index (χ1n) is 5.93. The minimum atomic E-state index is -0.442. The molecule has 0 saturated carbocycles. The van der Waals surface area contributed by atoms with Crippen molar-refractivity contribution in [2.45, 2.75) is 25.8 Å². The molecule has 1 unspecified atom stereocenters. The third-order valence-corrected chi connectivity index (χ3v) is 2.62. The van der Waals surface area contributed by atoms with E-state index in [1.54, 1.807) is 12.1 Å². The van der Waals surface area contributed by atoms with Crippen LogP contribution in [0.2, 0.25) is 0 Å². The number of amides is 1. The van der Waals surface area contributed by atoms with Gasteiger partial charge in [0.2, 0.25) is 5.91 Å². The van der Waals surface area contributed by atoms with Crippen molar-refractivity contribution in [1.29, 1.82) is 0 Å². The van der Waals surface area contributed by atoms with Crippen molar-refractivity contribution >= 4 is 5.91 Å². The number of hydrogen-bond acceptors (Lipinski definition) is 3. The maximum Gasteiger partial charge on any atom is 0.219 e. The second-order valence-electron chi connectivity index (χ2n) is 4.07. The van der Waals surface area contributed by atoms with Crippen LogP contribution < -0.4 is 15.8 Å². The molecule has 3 N–H and O–H groups in total. The van der Waals surface area contributed by atoms with E-state index in [1.807, 2.05) is 6.92 Å². The molecule has 0 fully saturated rings. The molecular formula is C13H19FN2O2. The molecule has 0 aromatic heterocycles. The molecule has 1 aromatic rings.